The summed E-state index contributed by atoms with van der Waals surface area (Å²) in [4.78, 5) is 43.2. The summed E-state index contributed by atoms with van der Waals surface area (Å²) in [5.41, 5.74) is 9.73. The third-order valence-corrected chi connectivity index (χ3v) is 1.82. The molecule has 0 saturated carbocycles. The summed E-state index contributed by atoms with van der Waals surface area (Å²) in [6.07, 6.45) is -0.763. The zero-order valence-corrected chi connectivity index (χ0v) is 10.0. The molecule has 0 aromatic carbocycles. The van der Waals surface area contributed by atoms with E-state index in [1.165, 1.54) is 0 Å². The van der Waals surface area contributed by atoms with Crippen molar-refractivity contribution < 1.29 is 28.7 Å². The highest BCUT2D eigenvalue weighted by molar-refractivity contribution is 5.82. The van der Waals surface area contributed by atoms with Crippen LogP contribution in [0.5, 0.6) is 0 Å². The molecule has 18 heavy (non-hydrogen) atoms. The first-order chi connectivity index (χ1) is 8.32. The van der Waals surface area contributed by atoms with Crippen molar-refractivity contribution in [3.05, 3.63) is 0 Å². The van der Waals surface area contributed by atoms with E-state index < -0.39 is 36.5 Å². The standard InChI is InChI=1S/C10H16N2O6/c1-6(13)18-7(3-2-4-8(11)14)10(16)17-5-9(12)15/h7H,2-5H2,1H3,(H2,11,14)(H2,12,15). The fraction of sp³-hybridized carbons (Fsp3) is 0.600. The van der Waals surface area contributed by atoms with Gasteiger partial charge >= 0.3 is 11.9 Å². The Hall–Kier alpha value is -2.12. The normalized spacial score (nSPS) is 11.4. The Kier molecular flexibility index (Phi) is 7.10. The fourth-order valence-electron chi connectivity index (χ4n) is 1.12. The van der Waals surface area contributed by atoms with Crippen LogP contribution >= 0.6 is 0 Å². The van der Waals surface area contributed by atoms with Crippen molar-refractivity contribution in [2.75, 3.05) is 6.61 Å². The van der Waals surface area contributed by atoms with E-state index in [0.29, 0.717) is 0 Å². The highest BCUT2D eigenvalue weighted by Crippen LogP contribution is 2.07. The molecule has 0 aromatic heterocycles. The van der Waals surface area contributed by atoms with Gasteiger partial charge in [0.05, 0.1) is 0 Å². The number of nitrogens with two attached hydrogens (primary N) is 2. The molecule has 0 saturated heterocycles. The van der Waals surface area contributed by atoms with E-state index in [0.717, 1.165) is 6.92 Å². The average Bonchev–Trinajstić information content (AvgIpc) is 2.23. The van der Waals surface area contributed by atoms with Gasteiger partial charge in [-0.25, -0.2) is 4.79 Å². The van der Waals surface area contributed by atoms with Gasteiger partial charge in [0.25, 0.3) is 5.91 Å². The molecule has 0 rings (SSSR count). The highest BCUT2D eigenvalue weighted by Gasteiger charge is 2.23. The first kappa shape index (κ1) is 15.9. The van der Waals surface area contributed by atoms with Gasteiger partial charge in [0, 0.05) is 13.3 Å². The van der Waals surface area contributed by atoms with Gasteiger partial charge in [-0.15, -0.1) is 0 Å². The Morgan fingerprint density at radius 3 is 2.17 bits per heavy atom. The number of primary amides is 2. The minimum absolute atomic E-state index is 0.0564. The summed E-state index contributed by atoms with van der Waals surface area (Å²) >= 11 is 0. The Morgan fingerprint density at radius 2 is 1.72 bits per heavy atom. The molecule has 0 aliphatic carbocycles. The van der Waals surface area contributed by atoms with E-state index in [1.54, 1.807) is 0 Å². The van der Waals surface area contributed by atoms with Crippen molar-refractivity contribution >= 4 is 23.8 Å². The Bertz CT molecular complexity index is 341. The number of amides is 2. The quantitative estimate of drug-likeness (QED) is 0.514. The van der Waals surface area contributed by atoms with Crippen LogP contribution in [0.3, 0.4) is 0 Å². The van der Waals surface area contributed by atoms with Crippen LogP contribution in [0.15, 0.2) is 0 Å². The molecule has 0 aliphatic rings. The number of ether oxygens (including phenoxy) is 2. The predicted octanol–water partition coefficient (Wildman–Crippen LogP) is -1.40. The van der Waals surface area contributed by atoms with E-state index in [-0.39, 0.29) is 19.3 Å². The van der Waals surface area contributed by atoms with Crippen molar-refractivity contribution in [1.82, 2.24) is 0 Å². The maximum atomic E-state index is 11.4. The summed E-state index contributed by atoms with van der Waals surface area (Å²) in [7, 11) is 0. The van der Waals surface area contributed by atoms with Gasteiger partial charge in [-0.2, -0.15) is 0 Å². The van der Waals surface area contributed by atoms with E-state index in [9.17, 15) is 19.2 Å². The van der Waals surface area contributed by atoms with Gasteiger partial charge in [-0.1, -0.05) is 0 Å². The lowest BCUT2D eigenvalue weighted by Crippen LogP contribution is -2.31. The second-order valence-electron chi connectivity index (χ2n) is 3.53. The third-order valence-electron chi connectivity index (χ3n) is 1.82. The van der Waals surface area contributed by atoms with Crippen molar-refractivity contribution in [2.24, 2.45) is 11.5 Å². The monoisotopic (exact) mass is 260 g/mol. The maximum absolute atomic E-state index is 11.4. The fourth-order valence-corrected chi connectivity index (χ4v) is 1.12. The van der Waals surface area contributed by atoms with Crippen LogP contribution in [0.4, 0.5) is 0 Å². The van der Waals surface area contributed by atoms with Crippen molar-refractivity contribution in [2.45, 2.75) is 32.3 Å². The molecule has 0 radical (unpaired) electrons. The summed E-state index contributed by atoms with van der Waals surface area (Å²) in [6, 6.07) is 0. The summed E-state index contributed by atoms with van der Waals surface area (Å²) in [5, 5.41) is 0. The molecule has 1 unspecified atom stereocenters. The van der Waals surface area contributed by atoms with E-state index >= 15 is 0 Å². The molecule has 2 amide bonds. The summed E-state index contributed by atoms with van der Waals surface area (Å²) < 4.78 is 9.23. The van der Waals surface area contributed by atoms with E-state index in [4.69, 9.17) is 16.2 Å². The smallest absolute Gasteiger partial charge is 0.347 e. The topological polar surface area (TPSA) is 139 Å². The van der Waals surface area contributed by atoms with E-state index in [2.05, 4.69) is 4.74 Å². The zero-order valence-electron chi connectivity index (χ0n) is 10.0. The number of hydrogen-bond acceptors (Lipinski definition) is 6. The number of hydrogen-bond donors (Lipinski definition) is 2. The second-order valence-corrected chi connectivity index (χ2v) is 3.53. The molecule has 4 N–H and O–H groups in total. The minimum Gasteiger partial charge on any atom is -0.453 e. The Balaban J connectivity index is 4.27. The summed E-state index contributed by atoms with van der Waals surface area (Å²) in [5.74, 6) is -2.90. The van der Waals surface area contributed by atoms with Gasteiger partial charge in [-0.05, 0) is 12.8 Å². The molecular weight excluding hydrogens is 244 g/mol. The van der Waals surface area contributed by atoms with Gasteiger partial charge in [0.1, 0.15) is 0 Å². The van der Waals surface area contributed by atoms with Crippen LogP contribution in [0.2, 0.25) is 0 Å². The lowest BCUT2D eigenvalue weighted by molar-refractivity contribution is -0.168. The largest absolute Gasteiger partial charge is 0.453 e. The van der Waals surface area contributed by atoms with Crippen LogP contribution in [0, 0.1) is 0 Å². The summed E-state index contributed by atoms with van der Waals surface area (Å²) in [6.45, 7) is 0.537. The third kappa shape index (κ3) is 8.08. The Morgan fingerprint density at radius 1 is 1.11 bits per heavy atom. The van der Waals surface area contributed by atoms with E-state index in [1.807, 2.05) is 0 Å². The molecule has 1 atom stereocenters. The van der Waals surface area contributed by atoms with Crippen LogP contribution in [-0.2, 0) is 28.7 Å². The van der Waals surface area contributed by atoms with Crippen molar-refractivity contribution in [3.8, 4) is 0 Å². The molecular formula is C10H16N2O6. The first-order valence-electron chi connectivity index (χ1n) is 5.23. The van der Waals surface area contributed by atoms with Crippen LogP contribution in [0.1, 0.15) is 26.2 Å². The van der Waals surface area contributed by atoms with Gasteiger partial charge in [0.15, 0.2) is 12.7 Å². The molecule has 0 fully saturated rings. The number of carbonyl (C=O) groups is 4. The lowest BCUT2D eigenvalue weighted by atomic mass is 10.1. The number of carbonyl (C=O) groups excluding carboxylic acids is 4. The van der Waals surface area contributed by atoms with Crippen LogP contribution < -0.4 is 11.5 Å². The molecule has 8 heteroatoms. The lowest BCUT2D eigenvalue weighted by Gasteiger charge is -2.14. The SMILES string of the molecule is CC(=O)OC(CCCC(N)=O)C(=O)OCC(N)=O. The van der Waals surface area contributed by atoms with Crippen LogP contribution in [-0.4, -0.2) is 36.5 Å². The van der Waals surface area contributed by atoms with Crippen molar-refractivity contribution in [1.29, 1.82) is 0 Å². The molecule has 0 heterocycles. The maximum Gasteiger partial charge on any atom is 0.347 e. The predicted molar refractivity (Wildman–Crippen MR) is 58.8 cm³/mol. The molecule has 0 aromatic rings. The van der Waals surface area contributed by atoms with Gasteiger partial charge < -0.3 is 20.9 Å². The first-order valence-corrected chi connectivity index (χ1v) is 5.23. The highest BCUT2D eigenvalue weighted by atomic mass is 16.6. The van der Waals surface area contributed by atoms with Crippen molar-refractivity contribution in [3.63, 3.8) is 0 Å². The molecule has 8 nitrogen and oxygen atoms in total. The van der Waals surface area contributed by atoms with Crippen LogP contribution in [0.25, 0.3) is 0 Å². The molecule has 102 valence electrons. The number of rotatable bonds is 8. The molecule has 0 spiro atoms. The zero-order chi connectivity index (χ0) is 14.1. The average molecular weight is 260 g/mol. The minimum atomic E-state index is -1.17. The van der Waals surface area contributed by atoms with Gasteiger partial charge in [0.2, 0.25) is 5.91 Å². The van der Waals surface area contributed by atoms with Gasteiger partial charge in [-0.3, -0.25) is 14.4 Å². The molecule has 0 bridgehead atoms. The number of esters is 2. The second kappa shape index (κ2) is 8.04. The Labute approximate surface area is 104 Å². The molecule has 0 aliphatic heterocycles.